The van der Waals surface area contributed by atoms with Gasteiger partial charge in [0.25, 0.3) is 0 Å². The Labute approximate surface area is 113 Å². The number of aryl methyl sites for hydroxylation is 1. The minimum atomic E-state index is 0.0380. The molecule has 1 heterocycles. The lowest BCUT2D eigenvalue weighted by Crippen LogP contribution is -2.06. The number of nitrogens with zero attached hydrogens (tertiary/aromatic N) is 1. The highest BCUT2D eigenvalue weighted by atomic mass is 16.1. The molecule has 3 rings (SSSR count). The number of carbonyl (C=O) groups is 1. The molecule has 0 saturated carbocycles. The summed E-state index contributed by atoms with van der Waals surface area (Å²) in [5.41, 5.74) is 4.55. The summed E-state index contributed by atoms with van der Waals surface area (Å²) in [5, 5.41) is 1.11. The van der Waals surface area contributed by atoms with Gasteiger partial charge < -0.3 is 0 Å². The summed E-state index contributed by atoms with van der Waals surface area (Å²) >= 11 is 0. The molecule has 0 radical (unpaired) electrons. The second-order valence-electron chi connectivity index (χ2n) is 4.81. The van der Waals surface area contributed by atoms with Crippen LogP contribution in [0.5, 0.6) is 0 Å². The van der Waals surface area contributed by atoms with Gasteiger partial charge in [-0.1, -0.05) is 42.0 Å². The molecule has 0 fully saturated rings. The van der Waals surface area contributed by atoms with Crippen molar-refractivity contribution in [3.8, 4) is 11.1 Å². The Morgan fingerprint density at radius 3 is 2.47 bits per heavy atom. The van der Waals surface area contributed by atoms with E-state index < -0.39 is 0 Å². The number of hydrogen-bond acceptors (Lipinski definition) is 1. The molecule has 3 heteroatoms. The van der Waals surface area contributed by atoms with Gasteiger partial charge in [-0.2, -0.15) is 0 Å². The van der Waals surface area contributed by atoms with E-state index in [2.05, 4.69) is 37.3 Å². The van der Waals surface area contributed by atoms with E-state index in [1.54, 1.807) is 12.4 Å². The van der Waals surface area contributed by atoms with Crippen molar-refractivity contribution in [3.05, 3.63) is 60.3 Å². The number of hydrogen-bond donors (Lipinski definition) is 0. The Balaban J connectivity index is 2.25. The van der Waals surface area contributed by atoms with Crippen molar-refractivity contribution in [1.82, 2.24) is 4.57 Å². The standard InChI is InChI=1S/C16H14BNO/c1-11-5-7-12(8-6-11)13-3-2-4-15-14(13)9-10-18(15)16(17)19/h2-10H,17H2,1H3. The molecule has 0 spiro atoms. The van der Waals surface area contributed by atoms with Gasteiger partial charge >= 0.3 is 0 Å². The van der Waals surface area contributed by atoms with Gasteiger partial charge in [-0.25, -0.2) is 0 Å². The average molecular weight is 247 g/mol. The van der Waals surface area contributed by atoms with Gasteiger partial charge in [-0.05, 0) is 30.2 Å². The van der Waals surface area contributed by atoms with Gasteiger partial charge in [-0.15, -0.1) is 0 Å². The molecule has 0 bridgehead atoms. The molecule has 92 valence electrons. The zero-order valence-corrected chi connectivity index (χ0v) is 11.1. The number of benzene rings is 2. The summed E-state index contributed by atoms with van der Waals surface area (Å²) in [6.45, 7) is 2.08. The van der Waals surface area contributed by atoms with Crippen molar-refractivity contribution in [3.63, 3.8) is 0 Å². The molecule has 0 aliphatic rings. The van der Waals surface area contributed by atoms with Gasteiger partial charge in [0.2, 0.25) is 7.85 Å². The molecular weight excluding hydrogens is 233 g/mol. The molecule has 0 atom stereocenters. The average Bonchev–Trinajstić information content (AvgIpc) is 2.83. The first kappa shape index (κ1) is 11.8. The van der Waals surface area contributed by atoms with E-state index in [0.29, 0.717) is 0 Å². The molecule has 3 aromatic rings. The predicted octanol–water partition coefficient (Wildman–Crippen LogP) is 3.22. The van der Waals surface area contributed by atoms with Crippen LogP contribution in [0.3, 0.4) is 0 Å². The molecule has 0 amide bonds. The zero-order valence-electron chi connectivity index (χ0n) is 11.1. The van der Waals surface area contributed by atoms with Crippen LogP contribution < -0.4 is 0 Å². The Morgan fingerprint density at radius 1 is 1.05 bits per heavy atom. The van der Waals surface area contributed by atoms with Crippen molar-refractivity contribution in [1.29, 1.82) is 0 Å². The van der Waals surface area contributed by atoms with Crippen molar-refractivity contribution in [2.45, 2.75) is 6.92 Å². The van der Waals surface area contributed by atoms with E-state index in [0.717, 1.165) is 16.5 Å². The van der Waals surface area contributed by atoms with E-state index >= 15 is 0 Å². The summed E-state index contributed by atoms with van der Waals surface area (Å²) in [4.78, 5) is 11.6. The van der Waals surface area contributed by atoms with Crippen LogP contribution in [0, 0.1) is 6.92 Å². The van der Waals surface area contributed by atoms with Crippen molar-refractivity contribution in [2.75, 3.05) is 0 Å². The monoisotopic (exact) mass is 247 g/mol. The van der Waals surface area contributed by atoms with Crippen molar-refractivity contribution >= 4 is 24.6 Å². The fourth-order valence-corrected chi connectivity index (χ4v) is 2.43. The summed E-state index contributed by atoms with van der Waals surface area (Å²) in [7, 11) is 1.58. The molecule has 0 unspecified atom stereocenters. The van der Waals surface area contributed by atoms with E-state index in [4.69, 9.17) is 0 Å². The van der Waals surface area contributed by atoms with Crippen LogP contribution in [0.1, 0.15) is 5.56 Å². The molecule has 0 aliphatic heterocycles. The summed E-state index contributed by atoms with van der Waals surface area (Å²) in [5.74, 6) is 0.0380. The zero-order chi connectivity index (χ0) is 13.4. The van der Waals surface area contributed by atoms with Gasteiger partial charge in [0.15, 0.2) is 5.81 Å². The fourth-order valence-electron chi connectivity index (χ4n) is 2.43. The van der Waals surface area contributed by atoms with Gasteiger partial charge in [-0.3, -0.25) is 9.36 Å². The molecule has 1 aromatic heterocycles. The first-order chi connectivity index (χ1) is 9.16. The second-order valence-corrected chi connectivity index (χ2v) is 4.81. The van der Waals surface area contributed by atoms with E-state index in [1.807, 2.05) is 24.4 Å². The first-order valence-electron chi connectivity index (χ1n) is 6.35. The SMILES string of the molecule is BC(=O)n1ccc2c(-c3ccc(C)cc3)cccc21. The quantitative estimate of drug-likeness (QED) is 0.605. The molecule has 19 heavy (non-hydrogen) atoms. The Bertz CT molecular complexity index is 756. The highest BCUT2D eigenvalue weighted by Gasteiger charge is 2.08. The van der Waals surface area contributed by atoms with Crippen LogP contribution in [0.4, 0.5) is 4.79 Å². The molecule has 0 saturated heterocycles. The summed E-state index contributed by atoms with van der Waals surface area (Å²) in [6, 6.07) is 16.5. The summed E-state index contributed by atoms with van der Waals surface area (Å²) < 4.78 is 1.69. The van der Waals surface area contributed by atoms with E-state index in [1.165, 1.54) is 11.1 Å². The minimum absolute atomic E-state index is 0.0380. The molecule has 0 aliphatic carbocycles. The largest absolute Gasteiger partial charge is 0.297 e. The van der Waals surface area contributed by atoms with Gasteiger partial charge in [0.05, 0.1) is 5.52 Å². The Hall–Kier alpha value is -2.29. The van der Waals surface area contributed by atoms with Crippen LogP contribution in [0.15, 0.2) is 54.7 Å². The fraction of sp³-hybridized carbons (Fsp3) is 0.0625. The second kappa shape index (κ2) is 4.43. The van der Waals surface area contributed by atoms with Crippen LogP contribution in [-0.4, -0.2) is 18.2 Å². The number of fused-ring (bicyclic) bond motifs is 1. The maximum atomic E-state index is 11.6. The Kier molecular flexibility index (Phi) is 2.75. The maximum absolute atomic E-state index is 11.6. The van der Waals surface area contributed by atoms with Gasteiger partial charge in [0.1, 0.15) is 0 Å². The van der Waals surface area contributed by atoms with Gasteiger partial charge in [0, 0.05) is 11.6 Å². The molecule has 2 nitrogen and oxygen atoms in total. The predicted molar refractivity (Wildman–Crippen MR) is 81.4 cm³/mol. The lowest BCUT2D eigenvalue weighted by Gasteiger charge is -2.06. The van der Waals surface area contributed by atoms with Crippen LogP contribution >= 0.6 is 0 Å². The van der Waals surface area contributed by atoms with Crippen LogP contribution in [0.2, 0.25) is 0 Å². The van der Waals surface area contributed by atoms with E-state index in [9.17, 15) is 4.79 Å². The Morgan fingerprint density at radius 2 is 1.79 bits per heavy atom. The smallest absolute Gasteiger partial charge is 0.216 e. The highest BCUT2D eigenvalue weighted by Crippen LogP contribution is 2.29. The van der Waals surface area contributed by atoms with Crippen molar-refractivity contribution in [2.24, 2.45) is 0 Å². The number of aromatic nitrogens is 1. The minimum Gasteiger partial charge on any atom is -0.297 e. The van der Waals surface area contributed by atoms with Crippen LogP contribution in [0.25, 0.3) is 22.0 Å². The third kappa shape index (κ3) is 1.97. The normalized spacial score (nSPS) is 10.8. The highest BCUT2D eigenvalue weighted by molar-refractivity contribution is 6.58. The third-order valence-electron chi connectivity index (χ3n) is 3.43. The molecule has 0 N–H and O–H groups in total. The lowest BCUT2D eigenvalue weighted by molar-refractivity contribution is 0.261. The topological polar surface area (TPSA) is 22.0 Å². The first-order valence-corrected chi connectivity index (χ1v) is 6.35. The maximum Gasteiger partial charge on any atom is 0.216 e. The lowest BCUT2D eigenvalue weighted by atomic mass is 10.0. The third-order valence-corrected chi connectivity index (χ3v) is 3.43. The number of rotatable bonds is 1. The van der Waals surface area contributed by atoms with Crippen molar-refractivity contribution < 1.29 is 4.79 Å². The van der Waals surface area contributed by atoms with E-state index in [-0.39, 0.29) is 5.81 Å². The van der Waals surface area contributed by atoms with Crippen LogP contribution in [-0.2, 0) is 0 Å². The molecule has 2 aromatic carbocycles. The molecular formula is C16H14BNO. The number of carbonyl (C=O) groups excluding carboxylic acids is 1. The summed E-state index contributed by atoms with van der Waals surface area (Å²) in [6.07, 6.45) is 1.84.